The summed E-state index contributed by atoms with van der Waals surface area (Å²) in [5.41, 5.74) is 1.44. The van der Waals surface area contributed by atoms with Gasteiger partial charge in [-0.15, -0.1) is 0 Å². The van der Waals surface area contributed by atoms with Crippen LogP contribution in [0, 0.1) is 4.77 Å². The van der Waals surface area contributed by atoms with Gasteiger partial charge in [-0.1, -0.05) is 0 Å². The number of phenolic OH excluding ortho intramolecular Hbond substituents is 1. The molecule has 146 valence electrons. The molecule has 3 rings (SSSR count). The standard InChI is InChI=1S/C18H17BrN4O4S/c1-25-13-5-4-11(8-14(13)26-2)17-21-22-18(28)23(17)20-9-10-6-12(19)16(24)15(7-10)27-3/h4-9,24H,1-3H3,(H,22,28)/b20-9-. The number of halogens is 1. The van der Waals surface area contributed by atoms with Gasteiger partial charge < -0.3 is 19.3 Å². The zero-order valence-corrected chi connectivity index (χ0v) is 17.7. The van der Waals surface area contributed by atoms with Gasteiger partial charge in [-0.2, -0.15) is 14.9 Å². The Hall–Kier alpha value is -2.85. The Kier molecular flexibility index (Phi) is 6.00. The van der Waals surface area contributed by atoms with Gasteiger partial charge in [0.1, 0.15) is 0 Å². The molecule has 2 aromatic carbocycles. The molecule has 0 fully saturated rings. The number of aromatic hydroxyl groups is 1. The molecule has 0 bridgehead atoms. The van der Waals surface area contributed by atoms with E-state index in [1.54, 1.807) is 44.7 Å². The second-order valence-corrected chi connectivity index (χ2v) is 6.77. The van der Waals surface area contributed by atoms with E-state index in [9.17, 15) is 5.11 Å². The van der Waals surface area contributed by atoms with Crippen molar-refractivity contribution in [3.05, 3.63) is 45.1 Å². The van der Waals surface area contributed by atoms with Crippen LogP contribution in [0.4, 0.5) is 0 Å². The summed E-state index contributed by atoms with van der Waals surface area (Å²) in [6, 6.07) is 8.76. The van der Waals surface area contributed by atoms with Gasteiger partial charge >= 0.3 is 0 Å². The molecule has 0 aliphatic carbocycles. The number of rotatable bonds is 6. The van der Waals surface area contributed by atoms with Gasteiger partial charge in [0.25, 0.3) is 0 Å². The maximum absolute atomic E-state index is 9.93. The number of phenols is 1. The molecule has 1 aromatic heterocycles. The summed E-state index contributed by atoms with van der Waals surface area (Å²) in [5, 5.41) is 21.3. The lowest BCUT2D eigenvalue weighted by Crippen LogP contribution is -1.97. The fraction of sp³-hybridized carbons (Fsp3) is 0.167. The van der Waals surface area contributed by atoms with Crippen molar-refractivity contribution in [2.24, 2.45) is 5.10 Å². The van der Waals surface area contributed by atoms with Crippen molar-refractivity contribution in [1.82, 2.24) is 14.9 Å². The van der Waals surface area contributed by atoms with E-state index in [-0.39, 0.29) is 5.75 Å². The minimum absolute atomic E-state index is 0.0191. The maximum atomic E-state index is 9.93. The van der Waals surface area contributed by atoms with Crippen LogP contribution < -0.4 is 14.2 Å². The number of hydrogen-bond donors (Lipinski definition) is 2. The zero-order valence-electron chi connectivity index (χ0n) is 15.3. The van der Waals surface area contributed by atoms with Gasteiger partial charge in [0.05, 0.1) is 32.0 Å². The molecule has 0 amide bonds. The molecule has 0 atom stereocenters. The molecule has 0 radical (unpaired) electrons. The van der Waals surface area contributed by atoms with E-state index in [1.807, 2.05) is 6.07 Å². The Balaban J connectivity index is 2.02. The Morgan fingerprint density at radius 1 is 1.11 bits per heavy atom. The van der Waals surface area contributed by atoms with E-state index in [0.29, 0.717) is 37.9 Å². The highest BCUT2D eigenvalue weighted by Gasteiger charge is 2.13. The highest BCUT2D eigenvalue weighted by atomic mass is 79.9. The molecule has 10 heteroatoms. The monoisotopic (exact) mass is 464 g/mol. The zero-order chi connectivity index (χ0) is 20.3. The third kappa shape index (κ3) is 3.87. The van der Waals surface area contributed by atoms with Crippen molar-refractivity contribution in [2.75, 3.05) is 21.3 Å². The Morgan fingerprint density at radius 3 is 2.50 bits per heavy atom. The van der Waals surface area contributed by atoms with Crippen LogP contribution in [0.1, 0.15) is 5.56 Å². The molecular weight excluding hydrogens is 448 g/mol. The first kappa shape index (κ1) is 19.9. The lowest BCUT2D eigenvalue weighted by Gasteiger charge is -2.09. The number of ether oxygens (including phenoxy) is 3. The maximum Gasteiger partial charge on any atom is 0.216 e. The molecule has 0 aliphatic heterocycles. The number of H-pyrrole nitrogens is 1. The Morgan fingerprint density at radius 2 is 1.82 bits per heavy atom. The second-order valence-electron chi connectivity index (χ2n) is 5.53. The Labute approximate surface area is 174 Å². The topological polar surface area (TPSA) is 93.9 Å². The SMILES string of the molecule is COc1ccc(-c2n[nH]c(=S)n2/N=C\c2cc(Br)c(O)c(OC)c2)cc1OC. The van der Waals surface area contributed by atoms with Gasteiger partial charge in [0.15, 0.2) is 28.8 Å². The Bertz CT molecular complexity index is 1090. The molecule has 0 unspecified atom stereocenters. The summed E-state index contributed by atoms with van der Waals surface area (Å²) < 4.78 is 18.1. The smallest absolute Gasteiger partial charge is 0.216 e. The van der Waals surface area contributed by atoms with Crippen LogP contribution in [-0.2, 0) is 0 Å². The van der Waals surface area contributed by atoms with Gasteiger partial charge in [0, 0.05) is 5.56 Å². The first-order valence-corrected chi connectivity index (χ1v) is 9.19. The molecule has 0 aliphatic rings. The van der Waals surface area contributed by atoms with Gasteiger partial charge in [-0.25, -0.2) is 5.10 Å². The van der Waals surface area contributed by atoms with Gasteiger partial charge in [0.2, 0.25) is 4.77 Å². The largest absolute Gasteiger partial charge is 0.503 e. The van der Waals surface area contributed by atoms with Crippen LogP contribution in [-0.4, -0.2) is 47.5 Å². The van der Waals surface area contributed by atoms with Crippen LogP contribution in [0.2, 0.25) is 0 Å². The van der Waals surface area contributed by atoms with Crippen molar-refractivity contribution in [2.45, 2.75) is 0 Å². The first-order valence-electron chi connectivity index (χ1n) is 7.99. The minimum Gasteiger partial charge on any atom is -0.503 e. The molecule has 8 nitrogen and oxygen atoms in total. The van der Waals surface area contributed by atoms with Gasteiger partial charge in [-0.05, 0) is 64.0 Å². The molecule has 0 saturated carbocycles. The number of aromatic nitrogens is 3. The van der Waals surface area contributed by atoms with Crippen molar-refractivity contribution < 1.29 is 19.3 Å². The predicted octanol–water partition coefficient (Wildman–Crippen LogP) is 3.98. The van der Waals surface area contributed by atoms with E-state index in [1.165, 1.54) is 11.8 Å². The number of nitrogens with one attached hydrogen (secondary N) is 1. The molecule has 0 saturated heterocycles. The van der Waals surface area contributed by atoms with E-state index in [0.717, 1.165) is 5.56 Å². The number of hydrogen-bond acceptors (Lipinski definition) is 7. The third-order valence-electron chi connectivity index (χ3n) is 3.89. The number of nitrogens with zero attached hydrogens (tertiary/aromatic N) is 3. The van der Waals surface area contributed by atoms with Crippen LogP contribution in [0.25, 0.3) is 11.4 Å². The number of aromatic amines is 1. The predicted molar refractivity (Wildman–Crippen MR) is 111 cm³/mol. The minimum atomic E-state index is 0.0191. The summed E-state index contributed by atoms with van der Waals surface area (Å²) in [6.45, 7) is 0. The van der Waals surface area contributed by atoms with Crippen molar-refractivity contribution >= 4 is 34.4 Å². The van der Waals surface area contributed by atoms with E-state index >= 15 is 0 Å². The number of benzene rings is 2. The molecule has 28 heavy (non-hydrogen) atoms. The summed E-state index contributed by atoms with van der Waals surface area (Å²) in [5.74, 6) is 2.03. The fourth-order valence-electron chi connectivity index (χ4n) is 2.51. The summed E-state index contributed by atoms with van der Waals surface area (Å²) >= 11 is 8.58. The molecule has 1 heterocycles. The van der Waals surface area contributed by atoms with Crippen molar-refractivity contribution in [3.8, 4) is 34.4 Å². The van der Waals surface area contributed by atoms with Crippen molar-refractivity contribution in [1.29, 1.82) is 0 Å². The fourth-order valence-corrected chi connectivity index (χ4v) is 3.15. The lowest BCUT2D eigenvalue weighted by molar-refractivity contribution is 0.355. The quantitative estimate of drug-likeness (QED) is 0.423. The molecule has 0 spiro atoms. The second kappa shape index (κ2) is 8.44. The van der Waals surface area contributed by atoms with Gasteiger partial charge in [-0.3, -0.25) is 0 Å². The lowest BCUT2D eigenvalue weighted by atomic mass is 10.2. The number of methoxy groups -OCH3 is 3. The summed E-state index contributed by atoms with van der Waals surface area (Å²) in [6.07, 6.45) is 1.59. The summed E-state index contributed by atoms with van der Waals surface area (Å²) in [7, 11) is 4.61. The highest BCUT2D eigenvalue weighted by molar-refractivity contribution is 9.10. The van der Waals surface area contributed by atoms with Crippen LogP contribution in [0.15, 0.2) is 39.9 Å². The normalized spacial score (nSPS) is 11.0. The van der Waals surface area contributed by atoms with E-state index < -0.39 is 0 Å². The third-order valence-corrected chi connectivity index (χ3v) is 4.75. The molecular formula is C18H17BrN4O4S. The van der Waals surface area contributed by atoms with Crippen LogP contribution in [0.5, 0.6) is 23.0 Å². The first-order chi connectivity index (χ1) is 13.5. The molecule has 3 aromatic rings. The van der Waals surface area contributed by atoms with Crippen LogP contribution in [0.3, 0.4) is 0 Å². The van der Waals surface area contributed by atoms with E-state index in [2.05, 4.69) is 31.2 Å². The molecule has 2 N–H and O–H groups in total. The van der Waals surface area contributed by atoms with Crippen LogP contribution >= 0.6 is 28.1 Å². The average Bonchev–Trinajstić information content (AvgIpc) is 3.08. The average molecular weight is 465 g/mol. The van der Waals surface area contributed by atoms with E-state index in [4.69, 9.17) is 26.4 Å². The highest BCUT2D eigenvalue weighted by Crippen LogP contribution is 2.35. The summed E-state index contributed by atoms with van der Waals surface area (Å²) in [4.78, 5) is 0. The van der Waals surface area contributed by atoms with Crippen molar-refractivity contribution in [3.63, 3.8) is 0 Å².